The number of nitrogens with one attached hydrogen (secondary N) is 1. The minimum absolute atomic E-state index is 0.0220. The van der Waals surface area contributed by atoms with Crippen LogP contribution in [0.1, 0.15) is 25.7 Å². The van der Waals surface area contributed by atoms with Crippen molar-refractivity contribution in [1.82, 2.24) is 14.5 Å². The summed E-state index contributed by atoms with van der Waals surface area (Å²) < 4.78 is 26.1. The van der Waals surface area contributed by atoms with Crippen molar-refractivity contribution in [1.29, 1.82) is 0 Å². The van der Waals surface area contributed by atoms with Crippen molar-refractivity contribution >= 4 is 15.9 Å². The third-order valence-corrected chi connectivity index (χ3v) is 6.28. The highest BCUT2D eigenvalue weighted by atomic mass is 32.2. The Morgan fingerprint density at radius 2 is 1.85 bits per heavy atom. The lowest BCUT2D eigenvalue weighted by molar-refractivity contribution is -0.122. The summed E-state index contributed by atoms with van der Waals surface area (Å²) in [6.07, 6.45) is 4.44. The Labute approximate surface area is 121 Å². The lowest BCUT2D eigenvalue weighted by Gasteiger charge is -2.34. The number of hydrogen-bond acceptors (Lipinski definition) is 4. The van der Waals surface area contributed by atoms with Gasteiger partial charge in [0.1, 0.15) is 0 Å². The molecule has 2 aliphatic rings. The van der Waals surface area contributed by atoms with Crippen LogP contribution in [0.25, 0.3) is 0 Å². The summed E-state index contributed by atoms with van der Waals surface area (Å²) in [6, 6.07) is 0. The standard InChI is InChI=1S/C13H25N3O3S/c1-14-13(17)11-15-6-8-16(9-7-15)20(18,19)10-5-12-3-2-4-12/h12H,2-11H2,1H3,(H,14,17). The lowest BCUT2D eigenvalue weighted by Crippen LogP contribution is -2.51. The lowest BCUT2D eigenvalue weighted by atomic mass is 9.84. The van der Waals surface area contributed by atoms with Crippen molar-refractivity contribution in [2.24, 2.45) is 5.92 Å². The second-order valence-electron chi connectivity index (χ2n) is 5.75. The zero-order valence-electron chi connectivity index (χ0n) is 12.2. The molecule has 0 bridgehead atoms. The maximum atomic E-state index is 12.2. The van der Waals surface area contributed by atoms with Gasteiger partial charge in [-0.3, -0.25) is 9.69 Å². The predicted octanol–water partition coefficient (Wildman–Crippen LogP) is -0.130. The fraction of sp³-hybridized carbons (Fsp3) is 0.923. The normalized spacial score (nSPS) is 22.4. The van der Waals surface area contributed by atoms with Gasteiger partial charge in [0.2, 0.25) is 15.9 Å². The number of carbonyl (C=O) groups excluding carboxylic acids is 1. The van der Waals surface area contributed by atoms with Crippen LogP contribution in [0, 0.1) is 5.92 Å². The SMILES string of the molecule is CNC(=O)CN1CCN(S(=O)(=O)CCC2CCC2)CC1. The van der Waals surface area contributed by atoms with E-state index in [-0.39, 0.29) is 11.7 Å². The Kier molecular flexibility index (Phi) is 5.40. The first-order valence-corrected chi connectivity index (χ1v) is 9.03. The van der Waals surface area contributed by atoms with Crippen LogP contribution >= 0.6 is 0 Å². The molecule has 1 heterocycles. The van der Waals surface area contributed by atoms with Crippen molar-refractivity contribution in [2.45, 2.75) is 25.7 Å². The van der Waals surface area contributed by atoms with E-state index in [1.54, 1.807) is 11.4 Å². The Hall–Kier alpha value is -0.660. The van der Waals surface area contributed by atoms with E-state index in [0.717, 1.165) is 6.42 Å². The second kappa shape index (κ2) is 6.87. The van der Waals surface area contributed by atoms with E-state index >= 15 is 0 Å². The third kappa shape index (κ3) is 4.17. The molecule has 0 aromatic heterocycles. The van der Waals surface area contributed by atoms with Crippen LogP contribution in [0.4, 0.5) is 0 Å². The minimum atomic E-state index is -3.11. The Balaban J connectivity index is 1.75. The van der Waals surface area contributed by atoms with Crippen molar-refractivity contribution in [3.05, 3.63) is 0 Å². The molecule has 1 amide bonds. The van der Waals surface area contributed by atoms with Crippen LogP contribution < -0.4 is 5.32 Å². The Morgan fingerprint density at radius 1 is 1.20 bits per heavy atom. The average molecular weight is 303 g/mol. The molecule has 2 fully saturated rings. The minimum Gasteiger partial charge on any atom is -0.358 e. The molecular formula is C13H25N3O3S. The number of piperazine rings is 1. The second-order valence-corrected chi connectivity index (χ2v) is 7.84. The molecule has 1 saturated carbocycles. The van der Waals surface area contributed by atoms with Crippen molar-refractivity contribution < 1.29 is 13.2 Å². The summed E-state index contributed by atoms with van der Waals surface area (Å²) >= 11 is 0. The smallest absolute Gasteiger partial charge is 0.233 e. The number of nitrogens with zero attached hydrogens (tertiary/aromatic N) is 2. The summed E-state index contributed by atoms with van der Waals surface area (Å²) in [6.45, 7) is 2.63. The highest BCUT2D eigenvalue weighted by molar-refractivity contribution is 7.89. The van der Waals surface area contributed by atoms with Gasteiger partial charge in [0.05, 0.1) is 12.3 Å². The molecule has 0 aromatic carbocycles. The molecule has 0 spiro atoms. The number of carbonyl (C=O) groups is 1. The largest absolute Gasteiger partial charge is 0.358 e. The van der Waals surface area contributed by atoms with Gasteiger partial charge in [0.25, 0.3) is 0 Å². The maximum absolute atomic E-state index is 12.2. The molecule has 20 heavy (non-hydrogen) atoms. The number of likely N-dealkylation sites (N-methyl/N-ethyl adjacent to an activating group) is 1. The van der Waals surface area contributed by atoms with Crippen LogP contribution in [0.15, 0.2) is 0 Å². The van der Waals surface area contributed by atoms with Crippen molar-refractivity contribution in [3.63, 3.8) is 0 Å². The summed E-state index contributed by atoms with van der Waals surface area (Å²) in [5, 5.41) is 2.59. The molecule has 0 atom stereocenters. The molecule has 0 aromatic rings. The van der Waals surface area contributed by atoms with Gasteiger partial charge in [-0.05, 0) is 12.3 Å². The topological polar surface area (TPSA) is 69.7 Å². The zero-order chi connectivity index (χ0) is 14.6. The average Bonchev–Trinajstić information content (AvgIpc) is 2.37. The Morgan fingerprint density at radius 3 is 2.35 bits per heavy atom. The van der Waals surface area contributed by atoms with E-state index < -0.39 is 10.0 Å². The first-order chi connectivity index (χ1) is 9.51. The van der Waals surface area contributed by atoms with Crippen LogP contribution in [0.5, 0.6) is 0 Å². The summed E-state index contributed by atoms with van der Waals surface area (Å²) in [4.78, 5) is 13.3. The van der Waals surface area contributed by atoms with Gasteiger partial charge in [-0.15, -0.1) is 0 Å². The third-order valence-electron chi connectivity index (χ3n) is 4.38. The molecular weight excluding hydrogens is 278 g/mol. The van der Waals surface area contributed by atoms with Gasteiger partial charge < -0.3 is 5.32 Å². The van der Waals surface area contributed by atoms with E-state index in [2.05, 4.69) is 5.32 Å². The molecule has 2 rings (SSSR count). The van der Waals surface area contributed by atoms with Gasteiger partial charge in [0, 0.05) is 33.2 Å². The monoisotopic (exact) mass is 303 g/mol. The molecule has 7 heteroatoms. The molecule has 1 aliphatic carbocycles. The number of hydrogen-bond donors (Lipinski definition) is 1. The summed E-state index contributed by atoms with van der Waals surface area (Å²) in [5.74, 6) is 0.887. The Bertz CT molecular complexity index is 426. The van der Waals surface area contributed by atoms with E-state index in [1.807, 2.05) is 4.90 Å². The van der Waals surface area contributed by atoms with Crippen molar-refractivity contribution in [3.8, 4) is 0 Å². The highest BCUT2D eigenvalue weighted by Crippen LogP contribution is 2.30. The molecule has 116 valence electrons. The number of amides is 1. The van der Waals surface area contributed by atoms with E-state index in [1.165, 1.54) is 19.3 Å². The molecule has 0 radical (unpaired) electrons. The molecule has 6 nitrogen and oxygen atoms in total. The molecule has 0 unspecified atom stereocenters. The van der Waals surface area contributed by atoms with E-state index in [0.29, 0.717) is 38.6 Å². The first kappa shape index (κ1) is 15.7. The van der Waals surface area contributed by atoms with Crippen LogP contribution in [-0.4, -0.2) is 69.1 Å². The highest BCUT2D eigenvalue weighted by Gasteiger charge is 2.29. The molecule has 1 saturated heterocycles. The zero-order valence-corrected chi connectivity index (χ0v) is 13.0. The van der Waals surface area contributed by atoms with Gasteiger partial charge in [-0.1, -0.05) is 19.3 Å². The molecule has 1 N–H and O–H groups in total. The van der Waals surface area contributed by atoms with Crippen molar-refractivity contribution in [2.75, 3.05) is 45.5 Å². The number of rotatable bonds is 6. The summed E-state index contributed by atoms with van der Waals surface area (Å²) in [7, 11) is -1.49. The fourth-order valence-electron chi connectivity index (χ4n) is 2.67. The maximum Gasteiger partial charge on any atom is 0.233 e. The predicted molar refractivity (Wildman–Crippen MR) is 77.8 cm³/mol. The van der Waals surface area contributed by atoms with E-state index in [4.69, 9.17) is 0 Å². The first-order valence-electron chi connectivity index (χ1n) is 7.42. The summed E-state index contributed by atoms with van der Waals surface area (Å²) in [5.41, 5.74) is 0. The van der Waals surface area contributed by atoms with Gasteiger partial charge >= 0.3 is 0 Å². The van der Waals surface area contributed by atoms with Gasteiger partial charge in [-0.25, -0.2) is 8.42 Å². The van der Waals surface area contributed by atoms with Crippen LogP contribution in [0.2, 0.25) is 0 Å². The van der Waals surface area contributed by atoms with Gasteiger partial charge in [-0.2, -0.15) is 4.31 Å². The van der Waals surface area contributed by atoms with Gasteiger partial charge in [0.15, 0.2) is 0 Å². The van der Waals surface area contributed by atoms with E-state index in [9.17, 15) is 13.2 Å². The number of sulfonamides is 1. The van der Waals surface area contributed by atoms with Crippen LogP contribution in [-0.2, 0) is 14.8 Å². The van der Waals surface area contributed by atoms with Crippen LogP contribution in [0.3, 0.4) is 0 Å². The fourth-order valence-corrected chi connectivity index (χ4v) is 4.28. The quantitative estimate of drug-likeness (QED) is 0.742. The molecule has 1 aliphatic heterocycles.